The number of hydrogen-bond acceptors (Lipinski definition) is 4. The molecule has 2 aliphatic rings. The van der Waals surface area contributed by atoms with Crippen LogP contribution in [0.25, 0.3) is 0 Å². The van der Waals surface area contributed by atoms with Crippen molar-refractivity contribution >= 4 is 34.4 Å². The lowest BCUT2D eigenvalue weighted by atomic mass is 9.83. The number of hydrogen-bond donors (Lipinski definition) is 1. The monoisotopic (exact) mass is 338 g/mol. The number of carbonyl (C=O) groups is 2. The summed E-state index contributed by atoms with van der Waals surface area (Å²) >= 11 is 1.59. The minimum absolute atomic E-state index is 0.0535. The predicted molar refractivity (Wildman–Crippen MR) is 96.1 cm³/mol. The van der Waals surface area contributed by atoms with E-state index < -0.39 is 0 Å². The molecule has 1 aromatic carbocycles. The lowest BCUT2D eigenvalue weighted by Crippen LogP contribution is -2.40. The maximum Gasteiger partial charge on any atom is 0.224 e. The normalized spacial score (nSPS) is 22.8. The lowest BCUT2D eigenvalue weighted by Gasteiger charge is -2.35. The van der Waals surface area contributed by atoms with Crippen molar-refractivity contribution in [2.75, 3.05) is 10.2 Å². The van der Waals surface area contributed by atoms with E-state index in [0.717, 1.165) is 28.4 Å². The third-order valence-corrected chi connectivity index (χ3v) is 5.59. The standard InChI is InChI=1S/C19H18N2O2S/c1-12(22)21-15-8-3-2-6-13(15)20-14-7-4-9-16(23)18(14)19(21)17-10-5-11-24-17/h2-3,5-8,10-11,18-20H,4,9H2,1H3. The summed E-state index contributed by atoms with van der Waals surface area (Å²) < 4.78 is 0. The maximum atomic E-state index is 12.8. The van der Waals surface area contributed by atoms with Crippen LogP contribution in [0.15, 0.2) is 53.6 Å². The van der Waals surface area contributed by atoms with E-state index in [1.807, 2.05) is 41.8 Å². The summed E-state index contributed by atoms with van der Waals surface area (Å²) in [6.07, 6.45) is 3.38. The van der Waals surface area contributed by atoms with Crippen LogP contribution in [0, 0.1) is 5.92 Å². The molecule has 2 atom stereocenters. The number of allylic oxidation sites excluding steroid dienone is 1. The van der Waals surface area contributed by atoms with Gasteiger partial charge >= 0.3 is 0 Å². The minimum atomic E-state index is -0.339. The van der Waals surface area contributed by atoms with Gasteiger partial charge in [-0.25, -0.2) is 0 Å². The van der Waals surface area contributed by atoms with Crippen molar-refractivity contribution in [3.8, 4) is 0 Å². The largest absolute Gasteiger partial charge is 0.357 e. The third-order valence-electron chi connectivity index (χ3n) is 4.65. The smallest absolute Gasteiger partial charge is 0.224 e. The zero-order valence-electron chi connectivity index (χ0n) is 13.4. The number of benzene rings is 1. The average molecular weight is 338 g/mol. The van der Waals surface area contributed by atoms with Gasteiger partial charge in [0.15, 0.2) is 0 Å². The molecule has 1 aliphatic heterocycles. The van der Waals surface area contributed by atoms with E-state index in [4.69, 9.17) is 0 Å². The number of ketones is 1. The number of carbonyl (C=O) groups excluding carboxylic acids is 2. The van der Waals surface area contributed by atoms with Crippen molar-refractivity contribution in [3.63, 3.8) is 0 Å². The number of nitrogens with one attached hydrogen (secondary N) is 1. The Labute approximate surface area is 144 Å². The average Bonchev–Trinajstić information content (AvgIpc) is 3.03. The van der Waals surface area contributed by atoms with E-state index in [1.54, 1.807) is 23.2 Å². The summed E-state index contributed by atoms with van der Waals surface area (Å²) in [5.41, 5.74) is 2.62. The molecule has 0 bridgehead atoms. The Bertz CT molecular complexity index is 826. The van der Waals surface area contributed by atoms with Crippen LogP contribution in [0.2, 0.25) is 0 Å². The van der Waals surface area contributed by atoms with Gasteiger partial charge in [0.1, 0.15) is 5.78 Å². The molecule has 2 unspecified atom stereocenters. The van der Waals surface area contributed by atoms with Crippen LogP contribution >= 0.6 is 11.3 Å². The van der Waals surface area contributed by atoms with Gasteiger partial charge in [-0.3, -0.25) is 9.59 Å². The Balaban J connectivity index is 1.97. The van der Waals surface area contributed by atoms with Crippen molar-refractivity contribution in [1.29, 1.82) is 0 Å². The molecule has 0 fully saturated rings. The first-order valence-corrected chi connectivity index (χ1v) is 8.97. The van der Waals surface area contributed by atoms with Gasteiger partial charge in [-0.15, -0.1) is 11.3 Å². The topological polar surface area (TPSA) is 49.4 Å². The molecule has 24 heavy (non-hydrogen) atoms. The summed E-state index contributed by atoms with van der Waals surface area (Å²) in [6, 6.07) is 11.4. The van der Waals surface area contributed by atoms with E-state index in [-0.39, 0.29) is 23.7 Å². The molecule has 1 aliphatic carbocycles. The Morgan fingerprint density at radius 1 is 1.25 bits per heavy atom. The van der Waals surface area contributed by atoms with Crippen LogP contribution in [0.3, 0.4) is 0 Å². The van der Waals surface area contributed by atoms with Gasteiger partial charge < -0.3 is 10.2 Å². The molecule has 5 heteroatoms. The molecule has 0 saturated heterocycles. The molecule has 0 spiro atoms. The van der Waals surface area contributed by atoms with Crippen LogP contribution < -0.4 is 10.2 Å². The molecule has 4 nitrogen and oxygen atoms in total. The Kier molecular flexibility index (Phi) is 3.73. The first-order valence-electron chi connectivity index (χ1n) is 8.09. The molecule has 4 rings (SSSR count). The van der Waals surface area contributed by atoms with Gasteiger partial charge in [-0.1, -0.05) is 24.3 Å². The van der Waals surface area contributed by atoms with Crippen molar-refractivity contribution in [2.24, 2.45) is 5.92 Å². The SMILES string of the molecule is CC(=O)N1c2ccccc2NC2=CCCC(=O)C2C1c1cccs1. The predicted octanol–water partition coefficient (Wildman–Crippen LogP) is 4.13. The summed E-state index contributed by atoms with van der Waals surface area (Å²) in [5.74, 6) is -0.201. The van der Waals surface area contributed by atoms with Gasteiger partial charge in [0.05, 0.1) is 23.3 Å². The number of para-hydroxylation sites is 2. The summed E-state index contributed by atoms with van der Waals surface area (Å²) in [7, 11) is 0. The van der Waals surface area contributed by atoms with Crippen LogP contribution in [0.5, 0.6) is 0 Å². The zero-order valence-corrected chi connectivity index (χ0v) is 14.2. The van der Waals surface area contributed by atoms with Crippen molar-refractivity contribution in [2.45, 2.75) is 25.8 Å². The van der Waals surface area contributed by atoms with Crippen molar-refractivity contribution in [3.05, 3.63) is 58.4 Å². The van der Waals surface area contributed by atoms with Crippen molar-refractivity contribution < 1.29 is 9.59 Å². The van der Waals surface area contributed by atoms with Gasteiger partial charge in [0, 0.05) is 23.9 Å². The minimum Gasteiger partial charge on any atom is -0.357 e. The fraction of sp³-hybridized carbons (Fsp3) is 0.263. The van der Waals surface area contributed by atoms with E-state index in [0.29, 0.717) is 6.42 Å². The molecule has 1 N–H and O–H groups in total. The van der Waals surface area contributed by atoms with Crippen LogP contribution in [-0.4, -0.2) is 11.7 Å². The molecular weight excluding hydrogens is 320 g/mol. The van der Waals surface area contributed by atoms with Crippen LogP contribution in [-0.2, 0) is 9.59 Å². The van der Waals surface area contributed by atoms with Crippen molar-refractivity contribution in [1.82, 2.24) is 0 Å². The molecule has 1 aromatic heterocycles. The molecule has 1 amide bonds. The zero-order chi connectivity index (χ0) is 16.7. The second-order valence-corrected chi connectivity index (χ2v) is 7.11. The highest BCUT2D eigenvalue weighted by molar-refractivity contribution is 7.10. The summed E-state index contributed by atoms with van der Waals surface area (Å²) in [6.45, 7) is 1.57. The number of amides is 1. The lowest BCUT2D eigenvalue weighted by molar-refractivity contribution is -0.123. The molecule has 2 heterocycles. The van der Waals surface area contributed by atoms with E-state index in [2.05, 4.69) is 11.4 Å². The molecular formula is C19H18N2O2S. The molecule has 122 valence electrons. The highest BCUT2D eigenvalue weighted by atomic mass is 32.1. The van der Waals surface area contributed by atoms with Crippen LogP contribution in [0.1, 0.15) is 30.7 Å². The Morgan fingerprint density at radius 3 is 2.83 bits per heavy atom. The van der Waals surface area contributed by atoms with E-state index in [9.17, 15) is 9.59 Å². The third kappa shape index (κ3) is 2.36. The number of nitrogens with zero attached hydrogens (tertiary/aromatic N) is 1. The number of Topliss-reactive ketones (excluding diaryl/α,β-unsaturated/α-hetero) is 1. The molecule has 2 aromatic rings. The Hall–Kier alpha value is -2.40. The Morgan fingerprint density at radius 2 is 2.08 bits per heavy atom. The number of thiophene rings is 1. The van der Waals surface area contributed by atoms with E-state index >= 15 is 0 Å². The first kappa shape index (κ1) is 15.1. The summed E-state index contributed by atoms with van der Waals surface area (Å²) in [5, 5.41) is 5.41. The highest BCUT2D eigenvalue weighted by Gasteiger charge is 2.42. The fourth-order valence-corrected chi connectivity index (χ4v) is 4.51. The quantitative estimate of drug-likeness (QED) is 0.850. The molecule has 0 radical (unpaired) electrons. The number of fused-ring (bicyclic) bond motifs is 2. The van der Waals surface area contributed by atoms with Gasteiger partial charge in [0.2, 0.25) is 5.91 Å². The first-order chi connectivity index (χ1) is 11.7. The van der Waals surface area contributed by atoms with E-state index in [1.165, 1.54) is 0 Å². The van der Waals surface area contributed by atoms with Gasteiger partial charge in [0.25, 0.3) is 0 Å². The van der Waals surface area contributed by atoms with Gasteiger partial charge in [-0.05, 0) is 30.0 Å². The fourth-order valence-electron chi connectivity index (χ4n) is 3.66. The number of anilines is 2. The van der Waals surface area contributed by atoms with Crippen LogP contribution in [0.4, 0.5) is 11.4 Å². The maximum absolute atomic E-state index is 12.8. The second kappa shape index (κ2) is 5.91. The van der Waals surface area contributed by atoms with Gasteiger partial charge in [-0.2, -0.15) is 0 Å². The highest BCUT2D eigenvalue weighted by Crippen LogP contribution is 2.46. The summed E-state index contributed by atoms with van der Waals surface area (Å²) in [4.78, 5) is 28.2. The second-order valence-electron chi connectivity index (χ2n) is 6.13. The molecule has 0 saturated carbocycles. The number of rotatable bonds is 1.